The third-order valence-corrected chi connectivity index (χ3v) is 4.34. The number of hydrogen-bond acceptors (Lipinski definition) is 4. The number of ether oxygens (including phenoxy) is 1. The van der Waals surface area contributed by atoms with Gasteiger partial charge in [-0.1, -0.05) is 0 Å². The number of carboxylic acid groups (broad SMARTS) is 1. The average Bonchev–Trinajstić information content (AvgIpc) is 2.84. The summed E-state index contributed by atoms with van der Waals surface area (Å²) in [5, 5.41) is 10.7. The minimum absolute atomic E-state index is 0.617. The molecule has 0 spiro atoms. The van der Waals surface area contributed by atoms with Crippen LogP contribution in [0.3, 0.4) is 0 Å². The standard InChI is InChI=1S/C15H21NO3S/c1-16(9-12-3-2-7-19-11-12)10-14-13(6-8-20-14)4-5-15(17)18/h4-6,8,12H,2-3,7,9-11H2,1H3,(H,17,18). The minimum atomic E-state index is -0.908. The lowest BCUT2D eigenvalue weighted by Crippen LogP contribution is -2.30. The molecule has 20 heavy (non-hydrogen) atoms. The molecule has 0 aliphatic carbocycles. The van der Waals surface area contributed by atoms with E-state index in [9.17, 15) is 4.79 Å². The highest BCUT2D eigenvalue weighted by atomic mass is 32.1. The Morgan fingerprint density at radius 3 is 3.20 bits per heavy atom. The molecular formula is C15H21NO3S. The number of hydrogen-bond donors (Lipinski definition) is 1. The lowest BCUT2D eigenvalue weighted by Gasteiger charge is -2.26. The minimum Gasteiger partial charge on any atom is -0.478 e. The van der Waals surface area contributed by atoms with Crippen LogP contribution in [0.5, 0.6) is 0 Å². The zero-order valence-electron chi connectivity index (χ0n) is 11.7. The highest BCUT2D eigenvalue weighted by Crippen LogP contribution is 2.21. The van der Waals surface area contributed by atoms with Crippen LogP contribution in [-0.4, -0.2) is 42.8 Å². The van der Waals surface area contributed by atoms with Crippen LogP contribution in [0.1, 0.15) is 23.3 Å². The van der Waals surface area contributed by atoms with Crippen LogP contribution in [0.25, 0.3) is 6.08 Å². The lowest BCUT2D eigenvalue weighted by molar-refractivity contribution is -0.131. The first kappa shape index (κ1) is 15.2. The lowest BCUT2D eigenvalue weighted by atomic mass is 10.0. The monoisotopic (exact) mass is 295 g/mol. The molecule has 1 N–H and O–H groups in total. The van der Waals surface area contributed by atoms with E-state index in [1.807, 2.05) is 11.4 Å². The first-order valence-corrected chi connectivity index (χ1v) is 7.77. The molecule has 1 fully saturated rings. The molecule has 4 nitrogen and oxygen atoms in total. The van der Waals surface area contributed by atoms with E-state index in [1.54, 1.807) is 17.4 Å². The molecular weight excluding hydrogens is 274 g/mol. The van der Waals surface area contributed by atoms with Crippen LogP contribution in [-0.2, 0) is 16.1 Å². The van der Waals surface area contributed by atoms with Crippen molar-refractivity contribution in [3.8, 4) is 0 Å². The van der Waals surface area contributed by atoms with Gasteiger partial charge in [-0.3, -0.25) is 0 Å². The number of carboxylic acids is 1. The third kappa shape index (κ3) is 4.74. The average molecular weight is 295 g/mol. The second-order valence-electron chi connectivity index (χ2n) is 5.25. The maximum atomic E-state index is 10.6. The summed E-state index contributed by atoms with van der Waals surface area (Å²) in [5.41, 5.74) is 1.00. The molecule has 0 saturated carbocycles. The Morgan fingerprint density at radius 1 is 1.65 bits per heavy atom. The Bertz CT molecular complexity index is 463. The molecule has 0 radical (unpaired) electrons. The van der Waals surface area contributed by atoms with Crippen LogP contribution < -0.4 is 0 Å². The Balaban J connectivity index is 1.88. The van der Waals surface area contributed by atoms with E-state index in [2.05, 4.69) is 11.9 Å². The van der Waals surface area contributed by atoms with Crippen molar-refractivity contribution < 1.29 is 14.6 Å². The fourth-order valence-corrected chi connectivity index (χ4v) is 3.44. The van der Waals surface area contributed by atoms with E-state index >= 15 is 0 Å². The molecule has 5 heteroatoms. The van der Waals surface area contributed by atoms with Gasteiger partial charge in [0.1, 0.15) is 0 Å². The van der Waals surface area contributed by atoms with Gasteiger partial charge in [-0.2, -0.15) is 0 Å². The smallest absolute Gasteiger partial charge is 0.328 e. The van der Waals surface area contributed by atoms with Gasteiger partial charge < -0.3 is 14.7 Å². The predicted octanol–water partition coefficient (Wildman–Crippen LogP) is 2.70. The van der Waals surface area contributed by atoms with E-state index in [1.165, 1.54) is 17.4 Å². The molecule has 1 saturated heterocycles. The molecule has 2 heterocycles. The maximum Gasteiger partial charge on any atom is 0.328 e. The van der Waals surface area contributed by atoms with Gasteiger partial charge in [0.2, 0.25) is 0 Å². The molecule has 1 aliphatic heterocycles. The fraction of sp³-hybridized carbons (Fsp3) is 0.533. The first-order valence-electron chi connectivity index (χ1n) is 6.89. The highest BCUT2D eigenvalue weighted by molar-refractivity contribution is 7.10. The molecule has 0 amide bonds. The quantitative estimate of drug-likeness (QED) is 0.820. The molecule has 0 aromatic carbocycles. The summed E-state index contributed by atoms with van der Waals surface area (Å²) in [6, 6.07) is 1.97. The van der Waals surface area contributed by atoms with Crippen LogP contribution in [0.15, 0.2) is 17.5 Å². The summed E-state index contributed by atoms with van der Waals surface area (Å²) in [7, 11) is 2.11. The van der Waals surface area contributed by atoms with Crippen LogP contribution in [0.4, 0.5) is 0 Å². The summed E-state index contributed by atoms with van der Waals surface area (Å²) < 4.78 is 5.51. The Morgan fingerprint density at radius 2 is 2.50 bits per heavy atom. The van der Waals surface area contributed by atoms with Gasteiger partial charge in [0.05, 0.1) is 6.61 Å². The van der Waals surface area contributed by atoms with E-state index in [0.717, 1.165) is 38.3 Å². The molecule has 1 unspecified atom stereocenters. The molecule has 110 valence electrons. The summed E-state index contributed by atoms with van der Waals surface area (Å²) >= 11 is 1.67. The maximum absolute atomic E-state index is 10.6. The molecule has 2 rings (SSSR count). The van der Waals surface area contributed by atoms with Crippen molar-refractivity contribution in [1.82, 2.24) is 4.90 Å². The first-order chi connectivity index (χ1) is 9.65. The van der Waals surface area contributed by atoms with Gasteiger partial charge in [-0.25, -0.2) is 4.79 Å². The number of aliphatic carboxylic acids is 1. The van der Waals surface area contributed by atoms with Crippen molar-refractivity contribution in [3.05, 3.63) is 28.0 Å². The van der Waals surface area contributed by atoms with Gasteiger partial charge >= 0.3 is 5.97 Å². The van der Waals surface area contributed by atoms with E-state index in [0.29, 0.717) is 5.92 Å². The zero-order valence-corrected chi connectivity index (χ0v) is 12.6. The normalized spacial score (nSPS) is 19.8. The van der Waals surface area contributed by atoms with Crippen molar-refractivity contribution in [2.45, 2.75) is 19.4 Å². The summed E-state index contributed by atoms with van der Waals surface area (Å²) in [6.07, 6.45) is 5.26. The SMILES string of the molecule is CN(Cc1sccc1C=CC(=O)O)CC1CCCOC1. The van der Waals surface area contributed by atoms with Gasteiger partial charge in [-0.15, -0.1) is 11.3 Å². The topological polar surface area (TPSA) is 49.8 Å². The summed E-state index contributed by atoms with van der Waals surface area (Å²) in [6.45, 7) is 3.64. The Labute approximate surface area is 123 Å². The number of thiophene rings is 1. The van der Waals surface area contributed by atoms with Crippen molar-refractivity contribution in [3.63, 3.8) is 0 Å². The van der Waals surface area contributed by atoms with E-state index in [4.69, 9.17) is 9.84 Å². The third-order valence-electron chi connectivity index (χ3n) is 3.42. The number of nitrogens with zero attached hydrogens (tertiary/aromatic N) is 1. The van der Waals surface area contributed by atoms with Crippen LogP contribution in [0, 0.1) is 5.92 Å². The van der Waals surface area contributed by atoms with Crippen molar-refractivity contribution >= 4 is 23.4 Å². The van der Waals surface area contributed by atoms with E-state index < -0.39 is 5.97 Å². The summed E-state index contributed by atoms with van der Waals surface area (Å²) in [4.78, 5) is 14.1. The van der Waals surface area contributed by atoms with Crippen molar-refractivity contribution in [1.29, 1.82) is 0 Å². The largest absolute Gasteiger partial charge is 0.478 e. The fourth-order valence-electron chi connectivity index (χ4n) is 2.49. The van der Waals surface area contributed by atoms with Crippen molar-refractivity contribution in [2.75, 3.05) is 26.8 Å². The number of carbonyl (C=O) groups is 1. The Kier molecular flexibility index (Phi) is 5.76. The second-order valence-corrected chi connectivity index (χ2v) is 6.25. The van der Waals surface area contributed by atoms with Crippen molar-refractivity contribution in [2.24, 2.45) is 5.92 Å². The highest BCUT2D eigenvalue weighted by Gasteiger charge is 2.16. The predicted molar refractivity (Wildman–Crippen MR) is 80.9 cm³/mol. The van der Waals surface area contributed by atoms with Gasteiger partial charge in [-0.05, 0) is 48.9 Å². The van der Waals surface area contributed by atoms with Crippen LogP contribution in [0.2, 0.25) is 0 Å². The van der Waals surface area contributed by atoms with Crippen LogP contribution >= 0.6 is 11.3 Å². The van der Waals surface area contributed by atoms with E-state index in [-0.39, 0.29) is 0 Å². The molecule has 1 aromatic heterocycles. The van der Waals surface area contributed by atoms with Gasteiger partial charge in [0.15, 0.2) is 0 Å². The Hall–Kier alpha value is -1.17. The molecule has 1 atom stereocenters. The molecule has 1 aliphatic rings. The molecule has 1 aromatic rings. The number of rotatable bonds is 6. The van der Waals surface area contributed by atoms with Gasteiger partial charge in [0, 0.05) is 30.6 Å². The summed E-state index contributed by atoms with van der Waals surface area (Å²) in [5.74, 6) is -0.290. The zero-order chi connectivity index (χ0) is 14.4. The molecule has 0 bridgehead atoms. The second kappa shape index (κ2) is 7.57. The van der Waals surface area contributed by atoms with Gasteiger partial charge in [0.25, 0.3) is 0 Å².